The monoisotopic (exact) mass is 499 g/mol. The molecular formula is C18H22IN5O4. The molecule has 1 aliphatic rings. The van der Waals surface area contributed by atoms with Crippen LogP contribution in [0.5, 0.6) is 11.5 Å². The SMILES string of the molecule is CN=C(NCCNc1ccc([N+](=O)[O-])cc1)NCc1ccc2c(c1)OCO2.I. The molecule has 1 heterocycles. The summed E-state index contributed by atoms with van der Waals surface area (Å²) in [6.07, 6.45) is 0. The highest BCUT2D eigenvalue weighted by atomic mass is 127. The van der Waals surface area contributed by atoms with E-state index in [1.54, 1.807) is 19.2 Å². The second-order valence-corrected chi connectivity index (χ2v) is 5.77. The highest BCUT2D eigenvalue weighted by Crippen LogP contribution is 2.32. The Labute approximate surface area is 179 Å². The van der Waals surface area contributed by atoms with Gasteiger partial charge in [0.05, 0.1) is 4.92 Å². The van der Waals surface area contributed by atoms with Crippen LogP contribution in [0.3, 0.4) is 0 Å². The number of anilines is 1. The number of nitro benzene ring substituents is 1. The first kappa shape index (κ1) is 21.5. The molecule has 28 heavy (non-hydrogen) atoms. The number of halogens is 1. The van der Waals surface area contributed by atoms with Crippen molar-refractivity contribution in [2.45, 2.75) is 6.54 Å². The van der Waals surface area contributed by atoms with Gasteiger partial charge in [0.15, 0.2) is 17.5 Å². The first-order chi connectivity index (χ1) is 13.2. The average Bonchev–Trinajstić information content (AvgIpc) is 3.15. The van der Waals surface area contributed by atoms with Gasteiger partial charge in [-0.3, -0.25) is 15.1 Å². The number of fused-ring (bicyclic) bond motifs is 1. The highest BCUT2D eigenvalue weighted by Gasteiger charge is 2.13. The van der Waals surface area contributed by atoms with Gasteiger partial charge in [0.2, 0.25) is 6.79 Å². The molecule has 0 radical (unpaired) electrons. The van der Waals surface area contributed by atoms with E-state index in [1.807, 2.05) is 18.2 Å². The number of benzene rings is 2. The maximum Gasteiger partial charge on any atom is 0.269 e. The highest BCUT2D eigenvalue weighted by molar-refractivity contribution is 14.0. The van der Waals surface area contributed by atoms with Crippen LogP contribution in [0.4, 0.5) is 11.4 Å². The van der Waals surface area contributed by atoms with Crippen molar-refractivity contribution in [2.75, 3.05) is 32.2 Å². The molecule has 0 aliphatic carbocycles. The van der Waals surface area contributed by atoms with Gasteiger partial charge in [-0.15, -0.1) is 24.0 Å². The molecule has 0 saturated carbocycles. The fourth-order valence-electron chi connectivity index (χ4n) is 2.55. The van der Waals surface area contributed by atoms with Crippen molar-refractivity contribution in [3.05, 3.63) is 58.1 Å². The van der Waals surface area contributed by atoms with Crippen molar-refractivity contribution in [1.82, 2.24) is 10.6 Å². The zero-order chi connectivity index (χ0) is 19.1. The lowest BCUT2D eigenvalue weighted by Gasteiger charge is -2.13. The first-order valence-electron chi connectivity index (χ1n) is 8.47. The molecule has 0 atom stereocenters. The molecule has 0 aromatic heterocycles. The zero-order valence-corrected chi connectivity index (χ0v) is 17.6. The van der Waals surface area contributed by atoms with Crippen molar-refractivity contribution < 1.29 is 14.4 Å². The van der Waals surface area contributed by atoms with Crippen molar-refractivity contribution in [1.29, 1.82) is 0 Å². The average molecular weight is 499 g/mol. The Hall–Kier alpha value is -2.76. The van der Waals surface area contributed by atoms with Crippen molar-refractivity contribution >= 4 is 41.3 Å². The molecule has 0 amide bonds. The van der Waals surface area contributed by atoms with Gasteiger partial charge in [0, 0.05) is 44.5 Å². The summed E-state index contributed by atoms with van der Waals surface area (Å²) >= 11 is 0. The summed E-state index contributed by atoms with van der Waals surface area (Å²) in [7, 11) is 1.71. The summed E-state index contributed by atoms with van der Waals surface area (Å²) in [4.78, 5) is 14.4. The number of nitrogens with zero attached hydrogens (tertiary/aromatic N) is 2. The number of rotatable bonds is 7. The van der Waals surface area contributed by atoms with Gasteiger partial charge < -0.3 is 25.4 Å². The number of ether oxygens (including phenoxy) is 2. The molecule has 3 rings (SSSR count). The van der Waals surface area contributed by atoms with Crippen LogP contribution >= 0.6 is 24.0 Å². The van der Waals surface area contributed by atoms with Gasteiger partial charge in [-0.1, -0.05) is 6.07 Å². The van der Waals surface area contributed by atoms with E-state index < -0.39 is 4.92 Å². The minimum atomic E-state index is -0.416. The molecule has 10 heteroatoms. The Morgan fingerprint density at radius 3 is 2.57 bits per heavy atom. The minimum Gasteiger partial charge on any atom is -0.454 e. The molecule has 0 spiro atoms. The number of non-ortho nitro benzene ring substituents is 1. The lowest BCUT2D eigenvalue weighted by atomic mass is 10.2. The molecule has 0 saturated heterocycles. The summed E-state index contributed by atoms with van der Waals surface area (Å²) in [5, 5.41) is 20.3. The van der Waals surface area contributed by atoms with E-state index in [-0.39, 0.29) is 36.5 Å². The van der Waals surface area contributed by atoms with Crippen LogP contribution in [0.15, 0.2) is 47.5 Å². The standard InChI is InChI=1S/C18H21N5O4.HI/c1-19-18(22-11-13-2-7-16-17(10-13)27-12-26-16)21-9-8-20-14-3-5-15(6-4-14)23(24)25;/h2-7,10,20H,8-9,11-12H2,1H3,(H2,19,21,22);1H. The third-order valence-electron chi connectivity index (χ3n) is 3.95. The van der Waals surface area contributed by atoms with Crippen LogP contribution in [-0.4, -0.2) is 37.8 Å². The van der Waals surface area contributed by atoms with E-state index in [9.17, 15) is 10.1 Å². The second-order valence-electron chi connectivity index (χ2n) is 5.77. The Kier molecular flexibility index (Phi) is 8.11. The molecule has 0 unspecified atom stereocenters. The van der Waals surface area contributed by atoms with Crippen LogP contribution in [0.2, 0.25) is 0 Å². The fraction of sp³-hybridized carbons (Fsp3) is 0.278. The molecule has 0 fully saturated rings. The van der Waals surface area contributed by atoms with E-state index in [0.717, 1.165) is 22.7 Å². The number of hydrogen-bond acceptors (Lipinski definition) is 6. The number of nitrogens with one attached hydrogen (secondary N) is 3. The van der Waals surface area contributed by atoms with Gasteiger partial charge >= 0.3 is 0 Å². The predicted octanol–water partition coefficient (Wildman–Crippen LogP) is 2.72. The first-order valence-corrected chi connectivity index (χ1v) is 8.47. The van der Waals surface area contributed by atoms with Crippen LogP contribution in [0, 0.1) is 10.1 Å². The molecule has 2 aromatic rings. The van der Waals surface area contributed by atoms with Crippen LogP contribution in [0.25, 0.3) is 0 Å². The maximum absolute atomic E-state index is 10.6. The van der Waals surface area contributed by atoms with E-state index in [0.29, 0.717) is 25.6 Å². The number of hydrogen-bond donors (Lipinski definition) is 3. The normalized spacial score (nSPS) is 12.1. The maximum atomic E-state index is 10.6. The molecule has 2 aromatic carbocycles. The molecule has 0 bridgehead atoms. The minimum absolute atomic E-state index is 0. The Morgan fingerprint density at radius 1 is 1.11 bits per heavy atom. The van der Waals surface area contributed by atoms with Crippen LogP contribution < -0.4 is 25.4 Å². The van der Waals surface area contributed by atoms with Gasteiger partial charge in [-0.2, -0.15) is 0 Å². The number of guanidine groups is 1. The number of aliphatic imine (C=N–C) groups is 1. The third-order valence-corrected chi connectivity index (χ3v) is 3.95. The largest absolute Gasteiger partial charge is 0.454 e. The van der Waals surface area contributed by atoms with Gasteiger partial charge in [0.1, 0.15) is 0 Å². The van der Waals surface area contributed by atoms with Crippen molar-refractivity contribution in [2.24, 2.45) is 4.99 Å². The molecule has 1 aliphatic heterocycles. The summed E-state index contributed by atoms with van der Waals surface area (Å²) in [6.45, 7) is 2.14. The van der Waals surface area contributed by atoms with Gasteiger partial charge in [-0.05, 0) is 29.8 Å². The quantitative estimate of drug-likeness (QED) is 0.134. The summed E-state index contributed by atoms with van der Waals surface area (Å²) < 4.78 is 10.7. The summed E-state index contributed by atoms with van der Waals surface area (Å²) in [5.74, 6) is 2.20. The number of nitro groups is 1. The van der Waals surface area contributed by atoms with Gasteiger partial charge in [0.25, 0.3) is 5.69 Å². The summed E-state index contributed by atoms with van der Waals surface area (Å²) in [6, 6.07) is 12.1. The van der Waals surface area contributed by atoms with E-state index in [1.165, 1.54) is 12.1 Å². The van der Waals surface area contributed by atoms with Crippen molar-refractivity contribution in [3.8, 4) is 11.5 Å². The third kappa shape index (κ3) is 5.87. The van der Waals surface area contributed by atoms with E-state index in [2.05, 4.69) is 20.9 Å². The van der Waals surface area contributed by atoms with Crippen LogP contribution in [0.1, 0.15) is 5.56 Å². The predicted molar refractivity (Wildman–Crippen MR) is 118 cm³/mol. The topological polar surface area (TPSA) is 110 Å². The van der Waals surface area contributed by atoms with E-state index in [4.69, 9.17) is 9.47 Å². The summed E-state index contributed by atoms with van der Waals surface area (Å²) in [5.41, 5.74) is 1.96. The Balaban J connectivity index is 0.00000280. The Morgan fingerprint density at radius 2 is 1.86 bits per heavy atom. The fourth-order valence-corrected chi connectivity index (χ4v) is 2.55. The molecule has 9 nitrogen and oxygen atoms in total. The van der Waals surface area contributed by atoms with Crippen LogP contribution in [-0.2, 0) is 6.54 Å². The zero-order valence-electron chi connectivity index (χ0n) is 15.3. The Bertz CT molecular complexity index is 829. The van der Waals surface area contributed by atoms with Gasteiger partial charge in [-0.25, -0.2) is 0 Å². The molecule has 3 N–H and O–H groups in total. The smallest absolute Gasteiger partial charge is 0.269 e. The van der Waals surface area contributed by atoms with Crippen molar-refractivity contribution in [3.63, 3.8) is 0 Å². The second kappa shape index (κ2) is 10.5. The van der Waals surface area contributed by atoms with E-state index >= 15 is 0 Å². The lowest BCUT2D eigenvalue weighted by molar-refractivity contribution is -0.384. The lowest BCUT2D eigenvalue weighted by Crippen LogP contribution is -2.39. The molecular weight excluding hydrogens is 477 g/mol. The molecule has 150 valence electrons.